The zero-order valence-corrected chi connectivity index (χ0v) is 47.5. The molecule has 0 fully saturated rings. The van der Waals surface area contributed by atoms with Gasteiger partial charge in [-0.3, -0.25) is 13.8 Å². The van der Waals surface area contributed by atoms with Crippen LogP contribution in [0.1, 0.15) is 290 Å². The Bertz CT molecular complexity index is 1220. The van der Waals surface area contributed by atoms with Crippen molar-refractivity contribution in [1.29, 1.82) is 0 Å². The van der Waals surface area contributed by atoms with Gasteiger partial charge in [0.05, 0.1) is 39.9 Å². The summed E-state index contributed by atoms with van der Waals surface area (Å²) in [4.78, 5) is 23.3. The van der Waals surface area contributed by atoms with E-state index in [1.165, 1.54) is 231 Å². The fourth-order valence-electron chi connectivity index (χ4n) is 8.88. The molecule has 0 aliphatic rings. The molecule has 0 spiro atoms. The number of allylic oxidation sites excluding steroid dienone is 5. The summed E-state index contributed by atoms with van der Waals surface area (Å²) in [5, 5.41) is 13.9. The molecule has 3 unspecified atom stereocenters. The van der Waals surface area contributed by atoms with Gasteiger partial charge >= 0.3 is 7.82 Å². The lowest BCUT2D eigenvalue weighted by molar-refractivity contribution is -0.870. The minimum absolute atomic E-state index is 0.0565. The standard InChI is InChI=1S/C60H117N2O6P/c1-6-8-10-12-14-16-18-20-22-24-26-28-29-30-31-32-34-35-37-39-41-43-45-47-49-51-53-59(63)58(57-68-69(65,66)67-56-55-62(3,4)5)61-60(64)54-52-50-48-46-44-42-40-38-36-33-27-25-23-21-19-17-15-13-11-9-7-2/h25,27,43,45,51,53,58-59,63H,6-24,26,28-42,44,46-50,52,54-57H2,1-5H3,(H-,61,64,65,66)/p+1/b27-25-,45-43+,53-51+. The van der Waals surface area contributed by atoms with Crippen LogP contribution in [0.25, 0.3) is 0 Å². The van der Waals surface area contributed by atoms with Gasteiger partial charge in [0.2, 0.25) is 5.91 Å². The number of unbranched alkanes of at least 4 members (excludes halogenated alkanes) is 38. The van der Waals surface area contributed by atoms with E-state index in [0.29, 0.717) is 17.4 Å². The van der Waals surface area contributed by atoms with E-state index in [1.54, 1.807) is 6.08 Å². The van der Waals surface area contributed by atoms with Gasteiger partial charge in [0.25, 0.3) is 0 Å². The average Bonchev–Trinajstić information content (AvgIpc) is 3.31. The maximum absolute atomic E-state index is 13.0. The largest absolute Gasteiger partial charge is 0.472 e. The SMILES string of the molecule is CCCCCCCCCC/C=C\CCCCCCCCCCCC(=O)NC(COP(=O)(O)OCC[N+](C)(C)C)C(O)/C=C/CC/C=C/CCCCCCCCCCCCCCCCCCCCCC. The van der Waals surface area contributed by atoms with E-state index in [2.05, 4.69) is 43.5 Å². The van der Waals surface area contributed by atoms with Crippen LogP contribution >= 0.6 is 7.82 Å². The van der Waals surface area contributed by atoms with Crippen molar-refractivity contribution >= 4 is 13.7 Å². The van der Waals surface area contributed by atoms with Crippen molar-refractivity contribution in [2.24, 2.45) is 0 Å². The van der Waals surface area contributed by atoms with Crippen LogP contribution in [0.15, 0.2) is 36.5 Å². The molecule has 3 N–H and O–H groups in total. The smallest absolute Gasteiger partial charge is 0.387 e. The highest BCUT2D eigenvalue weighted by atomic mass is 31.2. The van der Waals surface area contributed by atoms with E-state index < -0.39 is 20.0 Å². The van der Waals surface area contributed by atoms with Gasteiger partial charge in [0.15, 0.2) is 0 Å². The van der Waals surface area contributed by atoms with Crippen molar-refractivity contribution in [3.05, 3.63) is 36.5 Å². The molecular formula is C60H118N2O6P+. The number of likely N-dealkylation sites (N-methyl/N-ethyl adjacent to an activating group) is 1. The highest BCUT2D eigenvalue weighted by Gasteiger charge is 2.27. The summed E-state index contributed by atoms with van der Waals surface area (Å²) in [6.07, 6.45) is 66.8. The number of rotatable bonds is 55. The number of nitrogens with one attached hydrogen (secondary N) is 1. The molecule has 9 heteroatoms. The Labute approximate surface area is 429 Å². The minimum Gasteiger partial charge on any atom is -0.387 e. The van der Waals surface area contributed by atoms with Crippen molar-refractivity contribution in [3.63, 3.8) is 0 Å². The average molecular weight is 995 g/mol. The first kappa shape index (κ1) is 67.7. The van der Waals surface area contributed by atoms with Gasteiger partial charge in [-0.1, -0.05) is 262 Å². The highest BCUT2D eigenvalue weighted by Crippen LogP contribution is 2.43. The number of amides is 1. The van der Waals surface area contributed by atoms with Crippen LogP contribution in [-0.4, -0.2) is 73.4 Å². The fraction of sp³-hybridized carbons (Fsp3) is 0.883. The second-order valence-electron chi connectivity index (χ2n) is 21.7. The maximum Gasteiger partial charge on any atom is 0.472 e. The molecule has 0 saturated carbocycles. The normalized spacial score (nSPS) is 14.1. The molecule has 0 heterocycles. The molecular weight excluding hydrogens is 876 g/mol. The van der Waals surface area contributed by atoms with Crippen molar-refractivity contribution in [2.45, 2.75) is 302 Å². The minimum atomic E-state index is -4.36. The van der Waals surface area contributed by atoms with E-state index in [1.807, 2.05) is 27.2 Å². The predicted octanol–water partition coefficient (Wildman–Crippen LogP) is 18.2. The zero-order chi connectivity index (χ0) is 50.6. The van der Waals surface area contributed by atoms with Crippen LogP contribution in [0.3, 0.4) is 0 Å². The molecule has 3 atom stereocenters. The zero-order valence-electron chi connectivity index (χ0n) is 46.6. The number of phosphoric acid groups is 1. The van der Waals surface area contributed by atoms with Gasteiger partial charge in [-0.05, 0) is 57.8 Å². The molecule has 0 aromatic rings. The van der Waals surface area contributed by atoms with Crippen LogP contribution < -0.4 is 5.32 Å². The van der Waals surface area contributed by atoms with E-state index >= 15 is 0 Å². The molecule has 0 aromatic heterocycles. The fourth-order valence-corrected chi connectivity index (χ4v) is 9.61. The third-order valence-corrected chi connectivity index (χ3v) is 14.6. The topological polar surface area (TPSA) is 105 Å². The van der Waals surface area contributed by atoms with E-state index in [0.717, 1.165) is 38.5 Å². The van der Waals surface area contributed by atoms with E-state index in [9.17, 15) is 19.4 Å². The second-order valence-corrected chi connectivity index (χ2v) is 23.2. The van der Waals surface area contributed by atoms with Crippen molar-refractivity contribution in [1.82, 2.24) is 5.32 Å². The van der Waals surface area contributed by atoms with Crippen molar-refractivity contribution in [3.8, 4) is 0 Å². The summed E-state index contributed by atoms with van der Waals surface area (Å²) in [6.45, 7) is 4.83. The summed E-state index contributed by atoms with van der Waals surface area (Å²) < 4.78 is 23.7. The third-order valence-electron chi connectivity index (χ3n) is 13.6. The van der Waals surface area contributed by atoms with Crippen LogP contribution in [0.2, 0.25) is 0 Å². The Morgan fingerprint density at radius 2 is 0.797 bits per heavy atom. The molecule has 0 rings (SSSR count). The number of carbonyl (C=O) groups is 1. The van der Waals surface area contributed by atoms with E-state index in [-0.39, 0.29) is 19.1 Å². The first-order chi connectivity index (χ1) is 33.5. The summed E-state index contributed by atoms with van der Waals surface area (Å²) in [5.74, 6) is -0.186. The number of hydrogen-bond donors (Lipinski definition) is 3. The van der Waals surface area contributed by atoms with Gasteiger partial charge in [-0.25, -0.2) is 4.57 Å². The Kier molecular flexibility index (Phi) is 50.7. The second kappa shape index (κ2) is 51.6. The number of phosphoric ester groups is 1. The molecule has 0 bridgehead atoms. The van der Waals surface area contributed by atoms with Gasteiger partial charge < -0.3 is 19.8 Å². The van der Waals surface area contributed by atoms with Crippen molar-refractivity contribution < 1.29 is 32.9 Å². The molecule has 0 aliphatic heterocycles. The molecule has 0 aromatic carbocycles. The number of quaternary nitrogens is 1. The van der Waals surface area contributed by atoms with Crippen LogP contribution in [0.4, 0.5) is 0 Å². The Hall–Kier alpha value is -1.28. The molecule has 1 amide bonds. The van der Waals surface area contributed by atoms with Gasteiger partial charge in [0, 0.05) is 6.42 Å². The summed E-state index contributed by atoms with van der Waals surface area (Å²) >= 11 is 0. The number of hydrogen-bond acceptors (Lipinski definition) is 5. The quantitative estimate of drug-likeness (QED) is 0.0243. The van der Waals surface area contributed by atoms with Gasteiger partial charge in [0.1, 0.15) is 13.2 Å². The van der Waals surface area contributed by atoms with Gasteiger partial charge in [-0.2, -0.15) is 0 Å². The predicted molar refractivity (Wildman–Crippen MR) is 300 cm³/mol. The first-order valence-electron chi connectivity index (χ1n) is 29.9. The Balaban J connectivity index is 4.22. The summed E-state index contributed by atoms with van der Waals surface area (Å²) in [6, 6.07) is -0.864. The van der Waals surface area contributed by atoms with Crippen LogP contribution in [0.5, 0.6) is 0 Å². The summed E-state index contributed by atoms with van der Waals surface area (Å²) in [5.41, 5.74) is 0. The lowest BCUT2D eigenvalue weighted by atomic mass is 10.0. The van der Waals surface area contributed by atoms with Crippen molar-refractivity contribution in [2.75, 3.05) is 40.9 Å². The number of aliphatic hydroxyl groups is 1. The van der Waals surface area contributed by atoms with E-state index in [4.69, 9.17) is 9.05 Å². The summed E-state index contributed by atoms with van der Waals surface area (Å²) in [7, 11) is 1.56. The lowest BCUT2D eigenvalue weighted by Crippen LogP contribution is -2.45. The molecule has 0 radical (unpaired) electrons. The number of nitrogens with zero attached hydrogens (tertiary/aromatic N) is 1. The first-order valence-corrected chi connectivity index (χ1v) is 31.4. The molecule has 0 saturated heterocycles. The number of aliphatic hydroxyl groups excluding tert-OH is 1. The number of carbonyl (C=O) groups excluding carboxylic acids is 1. The van der Waals surface area contributed by atoms with Crippen LogP contribution in [0, 0.1) is 0 Å². The lowest BCUT2D eigenvalue weighted by Gasteiger charge is -2.25. The molecule has 408 valence electrons. The molecule has 69 heavy (non-hydrogen) atoms. The Morgan fingerprint density at radius 3 is 1.16 bits per heavy atom. The molecule has 8 nitrogen and oxygen atoms in total. The highest BCUT2D eigenvalue weighted by molar-refractivity contribution is 7.47. The third kappa shape index (κ3) is 54.3. The maximum atomic E-state index is 13.0. The monoisotopic (exact) mass is 994 g/mol. The van der Waals surface area contributed by atoms with Crippen LogP contribution in [-0.2, 0) is 18.4 Å². The van der Waals surface area contributed by atoms with Gasteiger partial charge in [-0.15, -0.1) is 0 Å². The molecule has 0 aliphatic carbocycles. The Morgan fingerprint density at radius 1 is 0.478 bits per heavy atom.